The molecule has 2 heterocycles. The van der Waals surface area contributed by atoms with E-state index in [2.05, 4.69) is 37.1 Å². The molecule has 1 N–H and O–H groups in total. The second-order valence-corrected chi connectivity index (χ2v) is 10.7. The van der Waals surface area contributed by atoms with Crippen molar-refractivity contribution in [1.82, 2.24) is 19.7 Å². The lowest BCUT2D eigenvalue weighted by Crippen LogP contribution is -2.44. The third kappa shape index (κ3) is 7.63. The molecule has 13 heteroatoms. The summed E-state index contributed by atoms with van der Waals surface area (Å²) in [6.45, 7) is 9.11. The standard InChI is InChI=1S/C29H28F5N5O2S/c1-6-22(26-16-36-11-12-37-26)27(24(14-35)23-13-20(8-7-18(23)4)41-29(32,33)34)25-10-9-21(15-38-25)42(40)39-19(5)28(30,31)17(2)3/h7-13,15-16,19,22,39H,2,6H2,1,3-5H3. The van der Waals surface area contributed by atoms with Crippen LogP contribution in [0.2, 0.25) is 0 Å². The average Bonchev–Trinajstić information content (AvgIpc) is 2.94. The SMILES string of the molecule is C=C(C)C(F)(F)C(C)NS(=O)c1ccc(C(=C(C#N)c2cc(OC(F)(F)F)ccc2C)C(CC)c2cnccn2)nc1. The summed E-state index contributed by atoms with van der Waals surface area (Å²) in [6, 6.07) is 7.17. The van der Waals surface area contributed by atoms with Crippen LogP contribution in [0.4, 0.5) is 22.0 Å². The Bertz CT molecular complexity index is 1520. The fraction of sp³-hybridized carbons (Fsp3) is 0.310. The van der Waals surface area contributed by atoms with Crippen molar-refractivity contribution in [2.45, 2.75) is 63.3 Å². The number of aryl methyl sites for hydroxylation is 1. The number of rotatable bonds is 11. The number of benzene rings is 1. The molecule has 0 spiro atoms. The molecule has 7 nitrogen and oxygen atoms in total. The maximum absolute atomic E-state index is 14.3. The number of alkyl halides is 5. The van der Waals surface area contributed by atoms with Crippen molar-refractivity contribution in [2.24, 2.45) is 0 Å². The second kappa shape index (κ2) is 13.3. The first-order valence-electron chi connectivity index (χ1n) is 12.6. The quantitative estimate of drug-likeness (QED) is 0.145. The van der Waals surface area contributed by atoms with Gasteiger partial charge in [-0.3, -0.25) is 15.0 Å². The van der Waals surface area contributed by atoms with Gasteiger partial charge in [-0.2, -0.15) is 14.0 Å². The molecule has 0 saturated heterocycles. The summed E-state index contributed by atoms with van der Waals surface area (Å²) in [5.74, 6) is -4.39. The number of ether oxygens (including phenoxy) is 1. The number of hydrogen-bond donors (Lipinski definition) is 1. The van der Waals surface area contributed by atoms with Crippen LogP contribution in [0.15, 0.2) is 72.2 Å². The molecule has 1 aromatic carbocycles. The minimum absolute atomic E-state index is 0.0202. The van der Waals surface area contributed by atoms with Crippen molar-refractivity contribution in [3.63, 3.8) is 0 Å². The summed E-state index contributed by atoms with van der Waals surface area (Å²) in [4.78, 5) is 13.0. The molecular weight excluding hydrogens is 577 g/mol. The molecule has 0 saturated carbocycles. The molecule has 0 amide bonds. The average molecular weight is 606 g/mol. The molecule has 2 aromatic heterocycles. The molecule has 0 aliphatic rings. The second-order valence-electron chi connectivity index (χ2n) is 9.41. The lowest BCUT2D eigenvalue weighted by Gasteiger charge is -2.24. The number of allylic oxidation sites excluding steroid dienone is 2. The molecule has 0 bridgehead atoms. The molecule has 3 unspecified atom stereocenters. The minimum atomic E-state index is -4.94. The third-order valence-electron chi connectivity index (χ3n) is 6.41. The van der Waals surface area contributed by atoms with Gasteiger partial charge in [-0.25, -0.2) is 8.93 Å². The molecule has 0 radical (unpaired) electrons. The molecular formula is C29H28F5N5O2S. The summed E-state index contributed by atoms with van der Waals surface area (Å²) in [5, 5.41) is 10.3. The van der Waals surface area contributed by atoms with Gasteiger partial charge in [0.1, 0.15) is 22.8 Å². The number of nitriles is 1. The normalized spacial score (nSPS) is 14.8. The monoisotopic (exact) mass is 605 g/mol. The van der Waals surface area contributed by atoms with Gasteiger partial charge in [0.2, 0.25) is 0 Å². The van der Waals surface area contributed by atoms with Gasteiger partial charge in [0.15, 0.2) is 0 Å². The fourth-order valence-electron chi connectivity index (χ4n) is 4.19. The van der Waals surface area contributed by atoms with E-state index >= 15 is 0 Å². The molecule has 222 valence electrons. The largest absolute Gasteiger partial charge is 0.573 e. The Hall–Kier alpha value is -4.02. The van der Waals surface area contributed by atoms with E-state index in [0.717, 1.165) is 12.1 Å². The number of aromatic nitrogens is 3. The number of nitrogens with one attached hydrogen (secondary N) is 1. The zero-order valence-corrected chi connectivity index (χ0v) is 24.0. The van der Waals surface area contributed by atoms with E-state index in [-0.39, 0.29) is 27.3 Å². The first-order chi connectivity index (χ1) is 19.7. The van der Waals surface area contributed by atoms with E-state index in [0.29, 0.717) is 23.3 Å². The summed E-state index contributed by atoms with van der Waals surface area (Å²) < 4.78 is 86.8. The Morgan fingerprint density at radius 3 is 2.38 bits per heavy atom. The molecule has 42 heavy (non-hydrogen) atoms. The maximum Gasteiger partial charge on any atom is 0.573 e. The summed E-state index contributed by atoms with van der Waals surface area (Å²) in [6.07, 6.45) is 1.14. The highest BCUT2D eigenvalue weighted by Gasteiger charge is 2.38. The molecule has 0 fully saturated rings. The van der Waals surface area contributed by atoms with Crippen LogP contribution in [0.5, 0.6) is 5.75 Å². The van der Waals surface area contributed by atoms with Crippen LogP contribution in [0.1, 0.15) is 55.6 Å². The van der Waals surface area contributed by atoms with Crippen LogP contribution in [0.3, 0.4) is 0 Å². The van der Waals surface area contributed by atoms with Crippen molar-refractivity contribution in [3.05, 3.63) is 89.8 Å². The molecule has 3 rings (SSSR count). The van der Waals surface area contributed by atoms with Gasteiger partial charge in [0.05, 0.1) is 27.9 Å². The zero-order chi connectivity index (χ0) is 31.2. The number of hydrogen-bond acceptors (Lipinski definition) is 6. The van der Waals surface area contributed by atoms with E-state index in [1.54, 1.807) is 6.92 Å². The van der Waals surface area contributed by atoms with Gasteiger partial charge < -0.3 is 4.74 Å². The Labute approximate surface area is 242 Å². The van der Waals surface area contributed by atoms with Crippen LogP contribution < -0.4 is 9.46 Å². The highest BCUT2D eigenvalue weighted by molar-refractivity contribution is 7.83. The van der Waals surface area contributed by atoms with E-state index in [4.69, 9.17) is 0 Å². The molecule has 0 aliphatic heterocycles. The number of halogens is 5. The van der Waals surface area contributed by atoms with E-state index in [9.17, 15) is 31.4 Å². The minimum Gasteiger partial charge on any atom is -0.406 e. The van der Waals surface area contributed by atoms with Crippen LogP contribution >= 0.6 is 0 Å². The number of pyridine rings is 1. The van der Waals surface area contributed by atoms with Gasteiger partial charge in [-0.1, -0.05) is 19.6 Å². The molecule has 3 aromatic rings. The van der Waals surface area contributed by atoms with Crippen LogP contribution in [0.25, 0.3) is 11.1 Å². The van der Waals surface area contributed by atoms with Crippen LogP contribution in [0, 0.1) is 18.3 Å². The lowest BCUT2D eigenvalue weighted by atomic mass is 9.84. The first-order valence-corrected chi connectivity index (χ1v) is 13.8. The Balaban J connectivity index is 2.16. The summed E-state index contributed by atoms with van der Waals surface area (Å²) in [5.41, 5.74) is 1.38. The van der Waals surface area contributed by atoms with E-state index in [1.807, 2.05) is 6.92 Å². The van der Waals surface area contributed by atoms with Gasteiger partial charge >= 0.3 is 6.36 Å². The Morgan fingerprint density at radius 1 is 1.14 bits per heavy atom. The van der Waals surface area contributed by atoms with Crippen molar-refractivity contribution in [3.8, 4) is 11.8 Å². The Kier molecular flexibility index (Phi) is 10.3. The lowest BCUT2D eigenvalue weighted by molar-refractivity contribution is -0.274. The summed E-state index contributed by atoms with van der Waals surface area (Å²) in [7, 11) is -2.07. The molecule has 0 aliphatic carbocycles. The zero-order valence-electron chi connectivity index (χ0n) is 23.2. The highest BCUT2D eigenvalue weighted by Crippen LogP contribution is 2.40. The van der Waals surface area contributed by atoms with Gasteiger partial charge in [0, 0.05) is 36.3 Å². The van der Waals surface area contributed by atoms with Gasteiger partial charge in [-0.15, -0.1) is 13.2 Å². The number of nitrogens with zero attached hydrogens (tertiary/aromatic N) is 4. The van der Waals surface area contributed by atoms with Gasteiger partial charge in [0.25, 0.3) is 5.92 Å². The fourth-order valence-corrected chi connectivity index (χ4v) is 5.13. The highest BCUT2D eigenvalue weighted by atomic mass is 32.2. The van der Waals surface area contributed by atoms with Crippen molar-refractivity contribution < 1.29 is 30.9 Å². The maximum atomic E-state index is 14.3. The van der Waals surface area contributed by atoms with Crippen LogP contribution in [-0.2, 0) is 11.0 Å². The smallest absolute Gasteiger partial charge is 0.406 e. The topological polar surface area (TPSA) is 101 Å². The predicted octanol–water partition coefficient (Wildman–Crippen LogP) is 6.92. The summed E-state index contributed by atoms with van der Waals surface area (Å²) >= 11 is 0. The van der Waals surface area contributed by atoms with Crippen LogP contribution in [-0.4, -0.2) is 37.5 Å². The third-order valence-corrected chi connectivity index (χ3v) is 7.65. The van der Waals surface area contributed by atoms with E-state index < -0.39 is 41.0 Å². The van der Waals surface area contributed by atoms with Gasteiger partial charge in [-0.05, 0) is 68.2 Å². The predicted molar refractivity (Wildman–Crippen MR) is 148 cm³/mol. The molecule has 3 atom stereocenters. The van der Waals surface area contributed by atoms with Crippen molar-refractivity contribution in [1.29, 1.82) is 5.26 Å². The van der Waals surface area contributed by atoms with Crippen molar-refractivity contribution in [2.75, 3.05) is 0 Å². The van der Waals surface area contributed by atoms with Crippen molar-refractivity contribution >= 4 is 22.1 Å². The Morgan fingerprint density at radius 2 is 1.86 bits per heavy atom. The van der Waals surface area contributed by atoms with E-state index in [1.165, 1.54) is 56.8 Å². The first kappa shape index (κ1) is 32.5.